The lowest BCUT2D eigenvalue weighted by Gasteiger charge is -2.13. The minimum Gasteiger partial charge on any atom is -0.349 e. The zero-order valence-electron chi connectivity index (χ0n) is 16.3. The third-order valence-electron chi connectivity index (χ3n) is 5.68. The smallest absolute Gasteiger partial charge is 0.228 e. The average Bonchev–Trinajstić information content (AvgIpc) is 3.34. The number of aryl methyl sites for hydroxylation is 1. The van der Waals surface area contributed by atoms with Gasteiger partial charge in [-0.25, -0.2) is 14.1 Å². The van der Waals surface area contributed by atoms with Crippen molar-refractivity contribution >= 4 is 17.5 Å². The number of aromatic nitrogens is 4. The normalized spacial score (nSPS) is 17.7. The van der Waals surface area contributed by atoms with Crippen LogP contribution in [0.5, 0.6) is 0 Å². The number of benzene rings is 1. The zero-order chi connectivity index (χ0) is 20.7. The first-order valence-electron chi connectivity index (χ1n) is 10.2. The number of pyridine rings is 1. The van der Waals surface area contributed by atoms with E-state index in [1.807, 2.05) is 12.1 Å². The number of nitrogens with one attached hydrogen (secondary N) is 1. The van der Waals surface area contributed by atoms with Crippen LogP contribution in [0.25, 0.3) is 11.4 Å². The summed E-state index contributed by atoms with van der Waals surface area (Å²) in [6.07, 6.45) is 5.93. The fourth-order valence-corrected chi connectivity index (χ4v) is 4.02. The third kappa shape index (κ3) is 3.94. The number of hydrogen-bond acceptors (Lipinski definition) is 4. The Labute approximate surface area is 178 Å². The van der Waals surface area contributed by atoms with Gasteiger partial charge in [0.05, 0.1) is 17.5 Å². The molecule has 2 aliphatic rings. The predicted molar refractivity (Wildman–Crippen MR) is 110 cm³/mol. The van der Waals surface area contributed by atoms with E-state index in [4.69, 9.17) is 11.6 Å². The highest BCUT2D eigenvalue weighted by molar-refractivity contribution is 6.30. The van der Waals surface area contributed by atoms with Crippen LogP contribution in [0.3, 0.4) is 0 Å². The van der Waals surface area contributed by atoms with Crippen LogP contribution in [0.1, 0.15) is 42.4 Å². The highest BCUT2D eigenvalue weighted by Gasteiger charge is 2.27. The van der Waals surface area contributed by atoms with Gasteiger partial charge in [0.2, 0.25) is 5.91 Å². The minimum absolute atomic E-state index is 0.0224. The number of carbonyl (C=O) groups is 1. The molecule has 1 fully saturated rings. The molecule has 2 aliphatic carbocycles. The topological polar surface area (TPSA) is 72.7 Å². The molecule has 3 aromatic rings. The molecular weight excluding hydrogens is 405 g/mol. The molecule has 1 saturated carbocycles. The first-order chi connectivity index (χ1) is 14.6. The van der Waals surface area contributed by atoms with Crippen molar-refractivity contribution in [2.45, 2.75) is 44.7 Å². The molecule has 30 heavy (non-hydrogen) atoms. The Morgan fingerprint density at radius 2 is 2.13 bits per heavy atom. The van der Waals surface area contributed by atoms with Gasteiger partial charge in [0.1, 0.15) is 11.6 Å². The van der Waals surface area contributed by atoms with Gasteiger partial charge in [0.25, 0.3) is 0 Å². The Balaban J connectivity index is 1.35. The van der Waals surface area contributed by atoms with Crippen LogP contribution < -0.4 is 5.32 Å². The van der Waals surface area contributed by atoms with Crippen molar-refractivity contribution in [3.8, 4) is 11.4 Å². The van der Waals surface area contributed by atoms with Gasteiger partial charge in [0, 0.05) is 24.0 Å². The second-order valence-electron chi connectivity index (χ2n) is 7.98. The highest BCUT2D eigenvalue weighted by atomic mass is 35.5. The van der Waals surface area contributed by atoms with Gasteiger partial charge in [-0.3, -0.25) is 9.78 Å². The monoisotopic (exact) mass is 425 g/mol. The molecule has 0 saturated heterocycles. The quantitative estimate of drug-likeness (QED) is 0.650. The Bertz CT molecular complexity index is 1110. The van der Waals surface area contributed by atoms with Crippen LogP contribution in [0.2, 0.25) is 5.02 Å². The SMILES string of the molecule is O=C(Cc1nc(-c2ccc(Cl)c(F)c2)nn1CC1CC1)NC1CCc2ncccc21. The lowest BCUT2D eigenvalue weighted by atomic mass is 10.1. The van der Waals surface area contributed by atoms with Gasteiger partial charge in [-0.05, 0) is 61.4 Å². The predicted octanol–water partition coefficient (Wildman–Crippen LogP) is 3.89. The summed E-state index contributed by atoms with van der Waals surface area (Å²) in [5.74, 6) is 0.949. The van der Waals surface area contributed by atoms with Crippen LogP contribution in [-0.2, 0) is 24.2 Å². The number of nitrogens with zero attached hydrogens (tertiary/aromatic N) is 4. The summed E-state index contributed by atoms with van der Waals surface area (Å²) in [6, 6.07) is 8.40. The van der Waals surface area contributed by atoms with Crippen molar-refractivity contribution in [1.29, 1.82) is 0 Å². The minimum atomic E-state index is -0.513. The molecule has 6 nitrogen and oxygen atoms in total. The molecule has 1 unspecified atom stereocenters. The summed E-state index contributed by atoms with van der Waals surface area (Å²) in [6.45, 7) is 0.724. The molecule has 0 radical (unpaired) electrons. The number of fused-ring (bicyclic) bond motifs is 1. The summed E-state index contributed by atoms with van der Waals surface area (Å²) < 4.78 is 15.7. The van der Waals surface area contributed by atoms with Gasteiger partial charge in [0.15, 0.2) is 5.82 Å². The van der Waals surface area contributed by atoms with Crippen molar-refractivity contribution in [3.05, 3.63) is 64.5 Å². The molecule has 1 amide bonds. The number of hydrogen-bond donors (Lipinski definition) is 1. The molecule has 154 valence electrons. The Kier molecular flexibility index (Phi) is 4.98. The number of amides is 1. The second kappa shape index (κ2) is 7.80. The summed E-state index contributed by atoms with van der Waals surface area (Å²) in [5, 5.41) is 7.72. The molecule has 1 aromatic carbocycles. The zero-order valence-corrected chi connectivity index (χ0v) is 17.1. The maximum Gasteiger partial charge on any atom is 0.228 e. The number of rotatable bonds is 6. The van der Waals surface area contributed by atoms with Crippen molar-refractivity contribution in [3.63, 3.8) is 0 Å². The maximum atomic E-state index is 13.9. The van der Waals surface area contributed by atoms with Crippen molar-refractivity contribution in [2.75, 3.05) is 0 Å². The molecule has 2 aromatic heterocycles. The van der Waals surface area contributed by atoms with Crippen molar-refractivity contribution in [1.82, 2.24) is 25.1 Å². The van der Waals surface area contributed by atoms with Crippen LogP contribution in [0.15, 0.2) is 36.5 Å². The molecule has 0 spiro atoms. The van der Waals surface area contributed by atoms with Gasteiger partial charge in [-0.1, -0.05) is 17.7 Å². The van der Waals surface area contributed by atoms with Crippen LogP contribution in [-0.4, -0.2) is 25.7 Å². The summed E-state index contributed by atoms with van der Waals surface area (Å²) in [7, 11) is 0. The van der Waals surface area contributed by atoms with E-state index in [-0.39, 0.29) is 23.4 Å². The van der Waals surface area contributed by atoms with Gasteiger partial charge in [-0.2, -0.15) is 5.10 Å². The number of carbonyl (C=O) groups excluding carboxylic acids is 1. The third-order valence-corrected chi connectivity index (χ3v) is 5.99. The Morgan fingerprint density at radius 1 is 1.27 bits per heavy atom. The highest BCUT2D eigenvalue weighted by Crippen LogP contribution is 2.32. The maximum absolute atomic E-state index is 13.9. The first kappa shape index (κ1) is 19.2. The number of halogens is 2. The van der Waals surface area contributed by atoms with Crippen molar-refractivity contribution < 1.29 is 9.18 Å². The molecule has 5 rings (SSSR count). The summed E-state index contributed by atoms with van der Waals surface area (Å²) in [5.41, 5.74) is 2.68. The fraction of sp³-hybridized carbons (Fsp3) is 0.364. The summed E-state index contributed by atoms with van der Waals surface area (Å²) in [4.78, 5) is 21.7. The van der Waals surface area contributed by atoms with E-state index >= 15 is 0 Å². The lowest BCUT2D eigenvalue weighted by molar-refractivity contribution is -0.121. The van der Waals surface area contributed by atoms with Gasteiger partial charge < -0.3 is 5.32 Å². The van der Waals surface area contributed by atoms with E-state index in [0.29, 0.717) is 23.1 Å². The molecule has 8 heteroatoms. The van der Waals surface area contributed by atoms with E-state index in [9.17, 15) is 9.18 Å². The molecule has 0 bridgehead atoms. The molecule has 1 atom stereocenters. The van der Waals surface area contributed by atoms with E-state index in [1.54, 1.807) is 16.9 Å². The van der Waals surface area contributed by atoms with Crippen molar-refractivity contribution in [2.24, 2.45) is 5.92 Å². The molecule has 0 aliphatic heterocycles. The standard InChI is InChI=1S/C22H21ClFN5O/c23-16-6-5-14(10-17(16)24)22-27-20(29(28-22)12-13-3-4-13)11-21(30)26-19-8-7-18-15(19)2-1-9-25-18/h1-2,5-6,9-10,13,19H,3-4,7-8,11-12H2,(H,26,30). The molecule has 2 heterocycles. The summed E-state index contributed by atoms with van der Waals surface area (Å²) >= 11 is 5.79. The van der Waals surface area contributed by atoms with Crippen LogP contribution in [0, 0.1) is 11.7 Å². The molecular formula is C22H21ClFN5O. The Morgan fingerprint density at radius 3 is 2.93 bits per heavy atom. The van der Waals surface area contributed by atoms with Crippen LogP contribution in [0.4, 0.5) is 4.39 Å². The van der Waals surface area contributed by atoms with E-state index < -0.39 is 5.82 Å². The largest absolute Gasteiger partial charge is 0.349 e. The average molecular weight is 426 g/mol. The Hall–Kier alpha value is -2.80. The van der Waals surface area contributed by atoms with E-state index in [2.05, 4.69) is 20.4 Å². The first-order valence-corrected chi connectivity index (χ1v) is 10.6. The second-order valence-corrected chi connectivity index (χ2v) is 8.39. The van der Waals surface area contributed by atoms with E-state index in [0.717, 1.165) is 43.5 Å². The van der Waals surface area contributed by atoms with E-state index in [1.165, 1.54) is 12.1 Å². The molecule has 1 N–H and O–H groups in total. The van der Waals surface area contributed by atoms with Gasteiger partial charge >= 0.3 is 0 Å². The fourth-order valence-electron chi connectivity index (χ4n) is 3.91. The van der Waals surface area contributed by atoms with Gasteiger partial charge in [-0.15, -0.1) is 0 Å². The van der Waals surface area contributed by atoms with Crippen LogP contribution >= 0.6 is 11.6 Å². The lowest BCUT2D eigenvalue weighted by Crippen LogP contribution is -2.29.